The maximum atomic E-state index is 11.5. The first-order chi connectivity index (χ1) is 12.7. The summed E-state index contributed by atoms with van der Waals surface area (Å²) in [7, 11) is 1.39. The highest BCUT2D eigenvalue weighted by molar-refractivity contribution is 7.13. The van der Waals surface area contributed by atoms with Gasteiger partial charge in [-0.15, -0.1) is 11.3 Å². The van der Waals surface area contributed by atoms with Crippen molar-refractivity contribution in [3.63, 3.8) is 0 Å². The van der Waals surface area contributed by atoms with Crippen LogP contribution in [-0.4, -0.2) is 55.1 Å². The Morgan fingerprint density at radius 1 is 1.23 bits per heavy atom. The van der Waals surface area contributed by atoms with Crippen molar-refractivity contribution in [3.8, 4) is 10.6 Å². The van der Waals surface area contributed by atoms with E-state index in [1.54, 1.807) is 23.5 Å². The fraction of sp³-hybridized carbons (Fsp3) is 0.474. The molecule has 0 amide bonds. The Morgan fingerprint density at radius 2 is 1.92 bits per heavy atom. The normalized spacial score (nSPS) is 19.7. The van der Waals surface area contributed by atoms with Crippen LogP contribution in [-0.2, 0) is 20.8 Å². The molecule has 2 aliphatic heterocycles. The number of carbonyl (C=O) groups excluding carboxylic acids is 1. The molecule has 0 saturated carbocycles. The maximum absolute atomic E-state index is 11.5. The van der Waals surface area contributed by atoms with E-state index in [-0.39, 0.29) is 11.8 Å². The van der Waals surface area contributed by atoms with Crippen LogP contribution in [0.3, 0.4) is 0 Å². The van der Waals surface area contributed by atoms with Crippen molar-refractivity contribution in [3.05, 3.63) is 40.9 Å². The Bertz CT molecular complexity index is 758. The van der Waals surface area contributed by atoms with E-state index < -0.39 is 0 Å². The summed E-state index contributed by atoms with van der Waals surface area (Å²) in [6.07, 6.45) is 1.83. The smallest absolute Gasteiger partial charge is 0.337 e. The van der Waals surface area contributed by atoms with Gasteiger partial charge in [0.2, 0.25) is 0 Å². The largest absolute Gasteiger partial charge is 0.465 e. The lowest BCUT2D eigenvalue weighted by Gasteiger charge is -2.37. The molecule has 0 aliphatic carbocycles. The van der Waals surface area contributed by atoms with Crippen molar-refractivity contribution in [1.82, 2.24) is 9.88 Å². The quantitative estimate of drug-likeness (QED) is 0.767. The third-order valence-electron chi connectivity index (χ3n) is 4.92. The van der Waals surface area contributed by atoms with E-state index in [2.05, 4.69) is 10.3 Å². The number of esters is 1. The molecule has 2 aliphatic rings. The molecule has 0 atom stereocenters. The van der Waals surface area contributed by atoms with Gasteiger partial charge in [0, 0.05) is 43.4 Å². The third kappa shape index (κ3) is 3.66. The lowest BCUT2D eigenvalue weighted by atomic mass is 10.0. The SMILES string of the molecule is COC(=O)c1ccc(-c2nc(CN3CCC4(CC3)OCCO4)cs2)cc1. The first-order valence-corrected chi connectivity index (χ1v) is 9.69. The molecule has 2 aromatic rings. The highest BCUT2D eigenvalue weighted by Gasteiger charge is 2.39. The molecule has 1 aromatic heterocycles. The number of aromatic nitrogens is 1. The van der Waals surface area contributed by atoms with Gasteiger partial charge in [-0.2, -0.15) is 0 Å². The van der Waals surface area contributed by atoms with Crippen LogP contribution in [0.5, 0.6) is 0 Å². The number of rotatable bonds is 4. The summed E-state index contributed by atoms with van der Waals surface area (Å²) >= 11 is 1.63. The van der Waals surface area contributed by atoms with Gasteiger partial charge in [0.15, 0.2) is 5.79 Å². The van der Waals surface area contributed by atoms with Crippen LogP contribution in [0.4, 0.5) is 0 Å². The highest BCUT2D eigenvalue weighted by Crippen LogP contribution is 2.32. The summed E-state index contributed by atoms with van der Waals surface area (Å²) in [4.78, 5) is 18.7. The minimum absolute atomic E-state index is 0.325. The van der Waals surface area contributed by atoms with E-state index in [0.717, 1.165) is 48.7 Å². The zero-order chi connectivity index (χ0) is 18.0. The topological polar surface area (TPSA) is 60.9 Å². The van der Waals surface area contributed by atoms with Crippen molar-refractivity contribution in [2.45, 2.75) is 25.2 Å². The minimum Gasteiger partial charge on any atom is -0.465 e. The Labute approximate surface area is 156 Å². The molecule has 3 heterocycles. The Balaban J connectivity index is 1.37. The minimum atomic E-state index is -0.328. The summed E-state index contributed by atoms with van der Waals surface area (Å²) < 4.78 is 16.3. The Kier molecular flexibility index (Phi) is 5.04. The predicted octanol–water partition coefficient (Wildman–Crippen LogP) is 2.94. The lowest BCUT2D eigenvalue weighted by molar-refractivity contribution is -0.185. The third-order valence-corrected chi connectivity index (χ3v) is 5.86. The van der Waals surface area contributed by atoms with E-state index in [1.165, 1.54) is 7.11 Å². The Morgan fingerprint density at radius 3 is 2.58 bits per heavy atom. The van der Waals surface area contributed by atoms with E-state index in [0.29, 0.717) is 18.8 Å². The molecule has 1 aromatic carbocycles. The van der Waals surface area contributed by atoms with Crippen LogP contribution < -0.4 is 0 Å². The molecule has 138 valence electrons. The fourth-order valence-corrected chi connectivity index (χ4v) is 4.26. The van der Waals surface area contributed by atoms with E-state index in [1.807, 2.05) is 12.1 Å². The van der Waals surface area contributed by atoms with Crippen molar-refractivity contribution in [1.29, 1.82) is 0 Å². The van der Waals surface area contributed by atoms with Gasteiger partial charge in [-0.3, -0.25) is 4.90 Å². The number of ether oxygens (including phenoxy) is 3. The molecule has 0 unspecified atom stereocenters. The van der Waals surface area contributed by atoms with Crippen molar-refractivity contribution in [2.24, 2.45) is 0 Å². The average Bonchev–Trinajstić information content (AvgIpc) is 3.33. The number of benzene rings is 1. The zero-order valence-corrected chi connectivity index (χ0v) is 15.6. The molecule has 0 bridgehead atoms. The van der Waals surface area contributed by atoms with Crippen molar-refractivity contribution in [2.75, 3.05) is 33.4 Å². The van der Waals surface area contributed by atoms with Gasteiger partial charge in [0.05, 0.1) is 31.6 Å². The summed E-state index contributed by atoms with van der Waals surface area (Å²) in [6.45, 7) is 4.18. The van der Waals surface area contributed by atoms with Crippen LogP contribution in [0, 0.1) is 0 Å². The molecule has 1 spiro atoms. The van der Waals surface area contributed by atoms with Gasteiger partial charge < -0.3 is 14.2 Å². The highest BCUT2D eigenvalue weighted by atomic mass is 32.1. The van der Waals surface area contributed by atoms with Gasteiger partial charge in [-0.05, 0) is 12.1 Å². The van der Waals surface area contributed by atoms with E-state index >= 15 is 0 Å². The van der Waals surface area contributed by atoms with Crippen molar-refractivity contribution >= 4 is 17.3 Å². The summed E-state index contributed by atoms with van der Waals surface area (Å²) in [5.41, 5.74) is 2.64. The predicted molar refractivity (Wildman–Crippen MR) is 98.0 cm³/mol. The first kappa shape index (κ1) is 17.6. The van der Waals surface area contributed by atoms with Gasteiger partial charge in [0.1, 0.15) is 5.01 Å². The van der Waals surface area contributed by atoms with Gasteiger partial charge >= 0.3 is 5.97 Å². The standard InChI is InChI=1S/C19H22N2O4S/c1-23-18(22)15-4-2-14(3-5-15)17-20-16(13-26-17)12-21-8-6-19(7-9-21)24-10-11-25-19/h2-5,13H,6-12H2,1H3. The summed E-state index contributed by atoms with van der Waals surface area (Å²) in [5.74, 6) is -0.653. The number of carbonyl (C=O) groups is 1. The molecule has 4 rings (SSSR count). The summed E-state index contributed by atoms with van der Waals surface area (Å²) in [5, 5.41) is 3.07. The first-order valence-electron chi connectivity index (χ1n) is 8.81. The van der Waals surface area contributed by atoms with Crippen LogP contribution in [0.2, 0.25) is 0 Å². The second-order valence-corrected chi connectivity index (χ2v) is 7.45. The van der Waals surface area contributed by atoms with Gasteiger partial charge in [-0.25, -0.2) is 9.78 Å². The van der Waals surface area contributed by atoms with E-state index in [9.17, 15) is 4.79 Å². The molecule has 2 fully saturated rings. The van der Waals surface area contributed by atoms with Crippen LogP contribution >= 0.6 is 11.3 Å². The van der Waals surface area contributed by atoms with Gasteiger partial charge in [-0.1, -0.05) is 12.1 Å². The maximum Gasteiger partial charge on any atom is 0.337 e. The molecular weight excluding hydrogens is 352 g/mol. The molecule has 7 heteroatoms. The number of nitrogens with zero attached hydrogens (tertiary/aromatic N) is 2. The second kappa shape index (κ2) is 7.44. The number of piperidine rings is 1. The number of methoxy groups -OCH3 is 1. The molecule has 6 nitrogen and oxygen atoms in total. The van der Waals surface area contributed by atoms with Crippen molar-refractivity contribution < 1.29 is 19.0 Å². The average molecular weight is 374 g/mol. The number of hydrogen-bond donors (Lipinski definition) is 0. The van der Waals surface area contributed by atoms with Crippen LogP contribution in [0.25, 0.3) is 10.6 Å². The number of thiazole rings is 1. The molecular formula is C19H22N2O4S. The fourth-order valence-electron chi connectivity index (χ4n) is 3.45. The molecule has 0 radical (unpaired) electrons. The Hall–Kier alpha value is -1.80. The van der Waals surface area contributed by atoms with Gasteiger partial charge in [0.25, 0.3) is 0 Å². The van der Waals surface area contributed by atoms with Crippen LogP contribution in [0.1, 0.15) is 28.9 Å². The lowest BCUT2D eigenvalue weighted by Crippen LogP contribution is -2.44. The van der Waals surface area contributed by atoms with Crippen LogP contribution in [0.15, 0.2) is 29.6 Å². The summed E-state index contributed by atoms with van der Waals surface area (Å²) in [6, 6.07) is 7.37. The second-order valence-electron chi connectivity index (χ2n) is 6.60. The monoisotopic (exact) mass is 374 g/mol. The number of hydrogen-bond acceptors (Lipinski definition) is 7. The molecule has 2 saturated heterocycles. The van der Waals surface area contributed by atoms with E-state index in [4.69, 9.17) is 19.2 Å². The molecule has 0 N–H and O–H groups in total. The molecule has 26 heavy (non-hydrogen) atoms. The zero-order valence-electron chi connectivity index (χ0n) is 14.8. The number of likely N-dealkylation sites (tertiary alicyclic amines) is 1.